The van der Waals surface area contributed by atoms with E-state index in [1.807, 2.05) is 0 Å². The third-order valence-corrected chi connectivity index (χ3v) is 3.99. The summed E-state index contributed by atoms with van der Waals surface area (Å²) in [5.74, 6) is 1.46. The molecule has 0 amide bonds. The van der Waals surface area contributed by atoms with Gasteiger partial charge in [0.05, 0.1) is 27.2 Å². The third-order valence-electron chi connectivity index (χ3n) is 3.99. The molecule has 1 unspecified atom stereocenters. The number of rotatable bonds is 5. The minimum Gasteiger partial charge on any atom is -0.497 e. The summed E-state index contributed by atoms with van der Waals surface area (Å²) in [5, 5.41) is 3.06. The molecule has 0 saturated carbocycles. The van der Waals surface area contributed by atoms with Crippen molar-refractivity contribution in [1.82, 2.24) is 19.5 Å². The number of nitrogens with one attached hydrogen (secondary N) is 1. The van der Waals surface area contributed by atoms with Gasteiger partial charge in [0.2, 0.25) is 0 Å². The average Bonchev–Trinajstić information content (AvgIpc) is 2.96. The summed E-state index contributed by atoms with van der Waals surface area (Å²) in [6.45, 7) is 0.673. The minimum atomic E-state index is -0.842. The molecule has 0 bridgehead atoms. The van der Waals surface area contributed by atoms with Crippen LogP contribution < -0.4 is 14.8 Å². The lowest BCUT2D eigenvalue weighted by Crippen LogP contribution is -2.24. The second-order valence-electron chi connectivity index (χ2n) is 5.51. The Morgan fingerprint density at radius 3 is 2.52 bits per heavy atom. The number of hydrogen-bond acceptors (Lipinski definition) is 7. The number of ether oxygens (including phenoxy) is 3. The molecule has 0 aliphatic carbocycles. The predicted molar refractivity (Wildman–Crippen MR) is 87.7 cm³/mol. The molecular weight excluding hydrogens is 329 g/mol. The molecule has 1 aliphatic heterocycles. The van der Waals surface area contributed by atoms with E-state index >= 15 is 0 Å². The van der Waals surface area contributed by atoms with Gasteiger partial charge >= 0.3 is 6.08 Å². The number of fused-ring (bicyclic) bond motifs is 1. The normalized spacial score (nSPS) is 16.5. The van der Waals surface area contributed by atoms with Crippen LogP contribution in [0.1, 0.15) is 12.6 Å². The number of halogens is 1. The summed E-state index contributed by atoms with van der Waals surface area (Å²) in [6.07, 6.45) is 1.42. The van der Waals surface area contributed by atoms with Crippen molar-refractivity contribution in [3.8, 4) is 11.5 Å². The molecule has 0 spiro atoms. The number of benzene rings is 1. The smallest absolute Gasteiger partial charge is 0.312 e. The Labute approximate surface area is 142 Å². The van der Waals surface area contributed by atoms with Crippen molar-refractivity contribution < 1.29 is 18.6 Å². The van der Waals surface area contributed by atoms with Gasteiger partial charge in [0.25, 0.3) is 0 Å². The van der Waals surface area contributed by atoms with Gasteiger partial charge in [0.1, 0.15) is 17.7 Å². The summed E-state index contributed by atoms with van der Waals surface area (Å²) >= 11 is 0. The van der Waals surface area contributed by atoms with Crippen molar-refractivity contribution in [3.05, 3.63) is 30.6 Å². The summed E-state index contributed by atoms with van der Waals surface area (Å²) in [4.78, 5) is 12.0. The molecular formula is C16H16FN5O3. The van der Waals surface area contributed by atoms with Crippen LogP contribution in [0.3, 0.4) is 0 Å². The highest BCUT2D eigenvalue weighted by atomic mass is 19.1. The van der Waals surface area contributed by atoms with Crippen molar-refractivity contribution in [1.29, 1.82) is 0 Å². The second kappa shape index (κ2) is 6.17. The van der Waals surface area contributed by atoms with Gasteiger partial charge in [-0.25, -0.2) is 4.98 Å². The van der Waals surface area contributed by atoms with Crippen molar-refractivity contribution >= 4 is 22.7 Å². The number of methoxy groups -OCH3 is 2. The standard InChI is InChI=1S/C16H16FN5O3/c1-23-10-5-9(6-11(7-10)24-2)19-14-13-15(21-16(17)20-14)22(8-18-13)12-3-4-25-12/h5-8,12H,3-4H2,1-2H3,(H,19,20,21). The SMILES string of the molecule is COc1cc(Nc2nc(F)nc3c2ncn3C2CCO2)cc(OC)c1. The Kier molecular flexibility index (Phi) is 3.85. The van der Waals surface area contributed by atoms with Gasteiger partial charge in [-0.05, 0) is 0 Å². The predicted octanol–water partition coefficient (Wildman–Crippen LogP) is 2.65. The maximum absolute atomic E-state index is 13.9. The molecule has 1 N–H and O–H groups in total. The zero-order valence-electron chi connectivity index (χ0n) is 13.7. The summed E-state index contributed by atoms with van der Waals surface area (Å²) in [6, 6.07) is 5.24. The molecule has 25 heavy (non-hydrogen) atoms. The zero-order valence-corrected chi connectivity index (χ0v) is 13.7. The van der Waals surface area contributed by atoms with Crippen molar-refractivity contribution in [3.63, 3.8) is 0 Å². The van der Waals surface area contributed by atoms with Gasteiger partial charge in [-0.1, -0.05) is 0 Å². The fraction of sp³-hybridized carbons (Fsp3) is 0.312. The van der Waals surface area contributed by atoms with E-state index in [4.69, 9.17) is 14.2 Å². The summed E-state index contributed by atoms with van der Waals surface area (Å²) < 4.78 is 31.6. The van der Waals surface area contributed by atoms with Crippen LogP contribution in [0.15, 0.2) is 24.5 Å². The molecule has 3 aromatic rings. The first-order valence-electron chi connectivity index (χ1n) is 7.69. The molecule has 1 aliphatic rings. The van der Waals surface area contributed by atoms with Crippen molar-refractivity contribution in [2.45, 2.75) is 12.6 Å². The third kappa shape index (κ3) is 2.82. The molecule has 1 fully saturated rings. The highest BCUT2D eigenvalue weighted by Gasteiger charge is 2.24. The number of imidazole rings is 1. The largest absolute Gasteiger partial charge is 0.497 e. The van der Waals surface area contributed by atoms with Gasteiger partial charge in [0, 0.05) is 30.3 Å². The van der Waals surface area contributed by atoms with E-state index in [1.54, 1.807) is 43.3 Å². The quantitative estimate of drug-likeness (QED) is 0.712. The van der Waals surface area contributed by atoms with E-state index in [0.717, 1.165) is 6.42 Å². The Hall–Kier alpha value is -2.94. The van der Waals surface area contributed by atoms with Gasteiger partial charge in [-0.2, -0.15) is 14.4 Å². The van der Waals surface area contributed by atoms with E-state index in [9.17, 15) is 4.39 Å². The van der Waals surface area contributed by atoms with Crippen LogP contribution in [-0.2, 0) is 4.74 Å². The Bertz CT molecular complexity index is 903. The highest BCUT2D eigenvalue weighted by Crippen LogP contribution is 2.31. The molecule has 3 heterocycles. The zero-order chi connectivity index (χ0) is 17.4. The van der Waals surface area contributed by atoms with E-state index < -0.39 is 6.08 Å². The number of aromatic nitrogens is 4. The monoisotopic (exact) mass is 345 g/mol. The number of nitrogens with zero attached hydrogens (tertiary/aromatic N) is 4. The first-order valence-corrected chi connectivity index (χ1v) is 7.69. The lowest BCUT2D eigenvalue weighted by molar-refractivity contribution is -0.0974. The van der Waals surface area contributed by atoms with E-state index in [0.29, 0.717) is 35.0 Å². The summed E-state index contributed by atoms with van der Waals surface area (Å²) in [5.41, 5.74) is 1.47. The first-order chi connectivity index (χ1) is 12.2. The second-order valence-corrected chi connectivity index (χ2v) is 5.51. The maximum atomic E-state index is 13.9. The van der Waals surface area contributed by atoms with Gasteiger partial charge in [0.15, 0.2) is 17.0 Å². The van der Waals surface area contributed by atoms with Crippen LogP contribution in [0.25, 0.3) is 11.2 Å². The molecule has 8 nitrogen and oxygen atoms in total. The Balaban J connectivity index is 1.75. The molecule has 130 valence electrons. The van der Waals surface area contributed by atoms with Crippen molar-refractivity contribution in [2.75, 3.05) is 26.1 Å². The topological polar surface area (TPSA) is 83.3 Å². The molecule has 1 atom stereocenters. The van der Waals surface area contributed by atoms with Crippen LogP contribution in [0.2, 0.25) is 0 Å². The van der Waals surface area contributed by atoms with Gasteiger partial charge in [-0.15, -0.1) is 0 Å². The maximum Gasteiger partial charge on any atom is 0.312 e. The van der Waals surface area contributed by atoms with Crippen LogP contribution in [0.4, 0.5) is 15.9 Å². The van der Waals surface area contributed by atoms with Crippen LogP contribution in [0, 0.1) is 6.08 Å². The number of hydrogen-bond donors (Lipinski definition) is 1. The van der Waals surface area contributed by atoms with Gasteiger partial charge < -0.3 is 19.5 Å². The molecule has 9 heteroatoms. The number of anilines is 2. The van der Waals surface area contributed by atoms with Crippen LogP contribution in [-0.4, -0.2) is 40.3 Å². The fourth-order valence-electron chi connectivity index (χ4n) is 2.65. The Morgan fingerprint density at radius 2 is 1.92 bits per heavy atom. The van der Waals surface area contributed by atoms with Gasteiger partial charge in [-0.3, -0.25) is 4.57 Å². The first kappa shape index (κ1) is 15.6. The molecule has 0 radical (unpaired) electrons. The Morgan fingerprint density at radius 1 is 1.20 bits per heavy atom. The van der Waals surface area contributed by atoms with E-state index in [1.165, 1.54) is 0 Å². The fourth-order valence-corrected chi connectivity index (χ4v) is 2.65. The van der Waals surface area contributed by atoms with E-state index in [2.05, 4.69) is 20.3 Å². The van der Waals surface area contributed by atoms with E-state index in [-0.39, 0.29) is 12.0 Å². The molecule has 1 aromatic carbocycles. The lowest BCUT2D eigenvalue weighted by atomic mass is 10.2. The molecule has 1 saturated heterocycles. The lowest BCUT2D eigenvalue weighted by Gasteiger charge is -2.27. The highest BCUT2D eigenvalue weighted by molar-refractivity contribution is 5.85. The minimum absolute atomic E-state index is 0.163. The molecule has 2 aromatic heterocycles. The van der Waals surface area contributed by atoms with Crippen LogP contribution >= 0.6 is 0 Å². The molecule has 4 rings (SSSR count). The van der Waals surface area contributed by atoms with Crippen molar-refractivity contribution in [2.24, 2.45) is 0 Å². The summed E-state index contributed by atoms with van der Waals surface area (Å²) in [7, 11) is 3.11. The average molecular weight is 345 g/mol. The van der Waals surface area contributed by atoms with Crippen LogP contribution in [0.5, 0.6) is 11.5 Å².